The average Bonchev–Trinajstić information content (AvgIpc) is 2.65. The van der Waals surface area contributed by atoms with Gasteiger partial charge in [-0.15, -0.1) is 0 Å². The van der Waals surface area contributed by atoms with Crippen LogP contribution in [0.1, 0.15) is 15.9 Å². The van der Waals surface area contributed by atoms with Crippen molar-refractivity contribution < 1.29 is 9.18 Å². The van der Waals surface area contributed by atoms with Crippen molar-refractivity contribution in [2.24, 2.45) is 7.05 Å². The number of hydrogen-bond acceptors (Lipinski definition) is 3. The highest BCUT2D eigenvalue weighted by Gasteiger charge is 2.14. The van der Waals surface area contributed by atoms with Crippen molar-refractivity contribution >= 4 is 5.78 Å². The summed E-state index contributed by atoms with van der Waals surface area (Å²) in [4.78, 5) is 15.3. The molecule has 0 saturated carbocycles. The molecule has 0 N–H and O–H groups in total. The third kappa shape index (κ3) is 1.76. The smallest absolute Gasteiger partial charge is 0.199 e. The molecule has 76 valence electrons. The van der Waals surface area contributed by atoms with Gasteiger partial charge in [-0.1, -0.05) is 0 Å². The minimum atomic E-state index is -0.619. The maximum atomic E-state index is 13.2. The van der Waals surface area contributed by atoms with Gasteiger partial charge in [0.2, 0.25) is 0 Å². The number of rotatable bonds is 2. The highest BCUT2D eigenvalue weighted by molar-refractivity contribution is 6.08. The van der Waals surface area contributed by atoms with Crippen LogP contribution in [-0.2, 0) is 7.05 Å². The van der Waals surface area contributed by atoms with E-state index in [0.717, 1.165) is 6.20 Å². The molecule has 0 aromatic carbocycles. The lowest BCUT2D eigenvalue weighted by atomic mass is 10.1. The Morgan fingerprint density at radius 2 is 2.27 bits per heavy atom. The van der Waals surface area contributed by atoms with Gasteiger partial charge in [0, 0.05) is 19.4 Å². The van der Waals surface area contributed by atoms with Crippen LogP contribution in [0.4, 0.5) is 4.39 Å². The first kappa shape index (κ1) is 9.51. The van der Waals surface area contributed by atoms with Crippen LogP contribution in [0.2, 0.25) is 0 Å². The number of ketones is 1. The first-order valence-electron chi connectivity index (χ1n) is 4.31. The molecule has 2 heterocycles. The lowest BCUT2D eigenvalue weighted by Crippen LogP contribution is -2.03. The van der Waals surface area contributed by atoms with Crippen LogP contribution < -0.4 is 0 Å². The molecule has 0 atom stereocenters. The Balaban J connectivity index is 2.41. The minimum absolute atomic E-state index is 0.0120. The molecule has 15 heavy (non-hydrogen) atoms. The number of nitrogens with zero attached hydrogens (tertiary/aromatic N) is 3. The molecule has 0 amide bonds. The predicted octanol–water partition coefficient (Wildman–Crippen LogP) is 1.19. The number of aryl methyl sites for hydroxylation is 1. The maximum absolute atomic E-state index is 13.2. The van der Waals surface area contributed by atoms with E-state index >= 15 is 0 Å². The maximum Gasteiger partial charge on any atom is 0.199 e. The van der Waals surface area contributed by atoms with Crippen LogP contribution in [0, 0.1) is 5.82 Å². The Kier molecular flexibility index (Phi) is 2.29. The van der Waals surface area contributed by atoms with Gasteiger partial charge in [0.25, 0.3) is 0 Å². The molecule has 0 radical (unpaired) electrons. The van der Waals surface area contributed by atoms with Crippen LogP contribution in [0.5, 0.6) is 0 Å². The van der Waals surface area contributed by atoms with Crippen LogP contribution in [-0.4, -0.2) is 20.5 Å². The summed E-state index contributed by atoms with van der Waals surface area (Å²) in [5.74, 6) is -1.01. The van der Waals surface area contributed by atoms with Crippen molar-refractivity contribution in [2.75, 3.05) is 0 Å². The molecule has 0 saturated heterocycles. The number of pyridine rings is 1. The van der Waals surface area contributed by atoms with E-state index < -0.39 is 5.82 Å². The molecule has 2 rings (SSSR count). The average molecular weight is 205 g/mol. The van der Waals surface area contributed by atoms with E-state index in [0.29, 0.717) is 5.56 Å². The van der Waals surface area contributed by atoms with Gasteiger partial charge in [0.1, 0.15) is 0 Å². The lowest BCUT2D eigenvalue weighted by molar-refractivity contribution is 0.103. The van der Waals surface area contributed by atoms with Crippen molar-refractivity contribution in [3.05, 3.63) is 47.8 Å². The predicted molar refractivity (Wildman–Crippen MR) is 50.8 cm³/mol. The van der Waals surface area contributed by atoms with E-state index in [9.17, 15) is 9.18 Å². The SMILES string of the molecule is Cn1cc(C(=O)c2ccncc2F)cn1. The summed E-state index contributed by atoms with van der Waals surface area (Å²) in [6.07, 6.45) is 5.35. The van der Waals surface area contributed by atoms with Crippen LogP contribution >= 0.6 is 0 Å². The van der Waals surface area contributed by atoms with Gasteiger partial charge in [-0.05, 0) is 6.07 Å². The monoisotopic (exact) mass is 205 g/mol. The second-order valence-electron chi connectivity index (χ2n) is 3.09. The Labute approximate surface area is 85.4 Å². The molecule has 0 aliphatic carbocycles. The topological polar surface area (TPSA) is 47.8 Å². The van der Waals surface area contributed by atoms with Gasteiger partial charge in [-0.3, -0.25) is 14.5 Å². The van der Waals surface area contributed by atoms with Gasteiger partial charge < -0.3 is 0 Å². The van der Waals surface area contributed by atoms with E-state index in [4.69, 9.17) is 0 Å². The number of hydrogen-bond donors (Lipinski definition) is 0. The molecule has 0 spiro atoms. The summed E-state index contributed by atoms with van der Waals surface area (Å²) < 4.78 is 14.7. The molecular formula is C10H8FN3O. The van der Waals surface area contributed by atoms with Gasteiger partial charge in [0.15, 0.2) is 11.6 Å². The highest BCUT2D eigenvalue weighted by atomic mass is 19.1. The standard InChI is InChI=1S/C10H8FN3O/c1-14-6-7(4-13-14)10(15)8-2-3-12-5-9(8)11/h2-6H,1H3. The molecule has 2 aromatic heterocycles. The molecule has 2 aromatic rings. The molecular weight excluding hydrogens is 197 g/mol. The van der Waals surface area contributed by atoms with Gasteiger partial charge in [0.05, 0.1) is 23.5 Å². The third-order valence-electron chi connectivity index (χ3n) is 1.98. The molecule has 0 fully saturated rings. The highest BCUT2D eigenvalue weighted by Crippen LogP contribution is 2.11. The fraction of sp³-hybridized carbons (Fsp3) is 0.100. The summed E-state index contributed by atoms with van der Waals surface area (Å²) >= 11 is 0. The van der Waals surface area contributed by atoms with Crippen LogP contribution in [0.3, 0.4) is 0 Å². The molecule has 0 bridgehead atoms. The molecule has 5 heteroatoms. The molecule has 0 aliphatic heterocycles. The zero-order chi connectivity index (χ0) is 10.8. The number of carbonyl (C=O) groups excluding carboxylic acids is 1. The van der Waals surface area contributed by atoms with Crippen LogP contribution in [0.15, 0.2) is 30.9 Å². The first-order chi connectivity index (χ1) is 7.18. The second-order valence-corrected chi connectivity index (χ2v) is 3.09. The fourth-order valence-electron chi connectivity index (χ4n) is 1.25. The van der Waals surface area contributed by atoms with E-state index in [-0.39, 0.29) is 11.3 Å². The van der Waals surface area contributed by atoms with Crippen molar-refractivity contribution in [1.82, 2.24) is 14.8 Å². The van der Waals surface area contributed by atoms with Crippen molar-refractivity contribution in [2.45, 2.75) is 0 Å². The third-order valence-corrected chi connectivity index (χ3v) is 1.98. The summed E-state index contributed by atoms with van der Waals surface area (Å²) in [7, 11) is 1.69. The zero-order valence-electron chi connectivity index (χ0n) is 8.01. The summed E-state index contributed by atoms with van der Waals surface area (Å²) in [5.41, 5.74) is 0.376. The Morgan fingerprint density at radius 1 is 1.47 bits per heavy atom. The first-order valence-corrected chi connectivity index (χ1v) is 4.31. The Bertz CT molecular complexity index is 507. The summed E-state index contributed by atoms with van der Waals surface area (Å²) in [6, 6.07) is 1.35. The quantitative estimate of drug-likeness (QED) is 0.692. The Morgan fingerprint density at radius 3 is 2.87 bits per heavy atom. The molecule has 0 unspecified atom stereocenters. The van der Waals surface area contributed by atoms with Gasteiger partial charge in [-0.25, -0.2) is 4.39 Å². The zero-order valence-corrected chi connectivity index (χ0v) is 8.01. The number of carbonyl (C=O) groups is 1. The van der Waals surface area contributed by atoms with Crippen molar-refractivity contribution in [3.8, 4) is 0 Å². The largest absolute Gasteiger partial charge is 0.288 e. The summed E-state index contributed by atoms with van der Waals surface area (Å²) in [5, 5.41) is 3.85. The van der Waals surface area contributed by atoms with Crippen molar-refractivity contribution in [3.63, 3.8) is 0 Å². The molecule has 4 nitrogen and oxygen atoms in total. The minimum Gasteiger partial charge on any atom is -0.288 e. The van der Waals surface area contributed by atoms with E-state index in [1.165, 1.54) is 23.1 Å². The molecule has 0 aliphatic rings. The lowest BCUT2D eigenvalue weighted by Gasteiger charge is -1.98. The van der Waals surface area contributed by atoms with E-state index in [2.05, 4.69) is 10.1 Å². The second kappa shape index (κ2) is 3.61. The number of aromatic nitrogens is 3. The van der Waals surface area contributed by atoms with Gasteiger partial charge in [-0.2, -0.15) is 5.10 Å². The Hall–Kier alpha value is -2.04. The van der Waals surface area contributed by atoms with E-state index in [1.807, 2.05) is 0 Å². The van der Waals surface area contributed by atoms with Gasteiger partial charge >= 0.3 is 0 Å². The summed E-state index contributed by atoms with van der Waals surface area (Å²) in [6.45, 7) is 0. The van der Waals surface area contributed by atoms with Crippen molar-refractivity contribution in [1.29, 1.82) is 0 Å². The fourth-order valence-corrected chi connectivity index (χ4v) is 1.25. The van der Waals surface area contributed by atoms with Crippen LogP contribution in [0.25, 0.3) is 0 Å². The number of halogens is 1. The normalized spacial score (nSPS) is 10.3. The van der Waals surface area contributed by atoms with E-state index in [1.54, 1.807) is 13.2 Å².